The lowest BCUT2D eigenvalue weighted by atomic mass is 10.0. The zero-order valence-electron chi connectivity index (χ0n) is 18.6. The van der Waals surface area contributed by atoms with E-state index < -0.39 is 0 Å². The first kappa shape index (κ1) is 27.5. The minimum atomic E-state index is 1.01. The smallest absolute Gasteiger partial charge is 0.286 e. The molecular weight excluding hydrogens is 402 g/mol. The molecule has 6 heteroatoms. The molecule has 0 bridgehead atoms. The molecule has 0 aromatic heterocycles. The highest BCUT2D eigenvalue weighted by atomic mass is 16.5. The van der Waals surface area contributed by atoms with Crippen molar-refractivity contribution >= 4 is 0 Å². The summed E-state index contributed by atoms with van der Waals surface area (Å²) in [6, 6.07) is 30.2. The molecule has 0 fully saturated rings. The predicted octanol–water partition coefficient (Wildman–Crippen LogP) is 5.21. The van der Waals surface area contributed by atoms with Crippen molar-refractivity contribution < 1.29 is 14.2 Å². The van der Waals surface area contributed by atoms with Gasteiger partial charge in [0.2, 0.25) is 0 Å². The molecule has 0 unspecified atom stereocenters. The summed E-state index contributed by atoms with van der Waals surface area (Å²) in [7, 11) is 3.96. The highest BCUT2D eigenvalue weighted by Gasteiger charge is 1.98. The quantitative estimate of drug-likeness (QED) is 0.528. The van der Waals surface area contributed by atoms with Gasteiger partial charge in [-0.1, -0.05) is 84.9 Å². The number of hydrogen-bond acceptors (Lipinski definition) is 6. The third-order valence-electron chi connectivity index (χ3n) is 3.80. The van der Waals surface area contributed by atoms with Gasteiger partial charge in [-0.15, -0.1) is 0 Å². The molecule has 0 heterocycles. The Bertz CT molecular complexity index is 862. The van der Waals surface area contributed by atoms with E-state index in [2.05, 4.69) is 99.1 Å². The van der Waals surface area contributed by atoms with Crippen molar-refractivity contribution in [2.24, 2.45) is 0 Å². The summed E-state index contributed by atoms with van der Waals surface area (Å²) in [5, 5.41) is 22.2. The maximum absolute atomic E-state index is 7.40. The number of nitrogens with zero attached hydrogens (tertiary/aromatic N) is 3. The molecule has 3 rings (SSSR count). The lowest BCUT2D eigenvalue weighted by molar-refractivity contribution is 0.362. The van der Waals surface area contributed by atoms with Crippen LogP contribution in [0.25, 0.3) is 0 Å². The number of rotatable bonds is 4. The van der Waals surface area contributed by atoms with Crippen LogP contribution in [0.5, 0.6) is 0 Å². The van der Waals surface area contributed by atoms with Crippen LogP contribution in [0.1, 0.15) is 22.3 Å². The van der Waals surface area contributed by atoms with Gasteiger partial charge in [0.05, 0.1) is 21.3 Å². The lowest BCUT2D eigenvalue weighted by Crippen LogP contribution is -1.91. The van der Waals surface area contributed by atoms with Gasteiger partial charge in [-0.3, -0.25) is 0 Å². The fraction of sp³-hybridized carbons (Fsp3) is 0.192. The Kier molecular flexibility index (Phi) is 17.1. The topological polar surface area (TPSA) is 99.1 Å². The van der Waals surface area contributed by atoms with Gasteiger partial charge in [-0.2, -0.15) is 15.8 Å². The largest absolute Gasteiger partial charge is 0.431 e. The van der Waals surface area contributed by atoms with Crippen molar-refractivity contribution in [2.75, 3.05) is 21.3 Å². The number of ether oxygens (including phenoxy) is 3. The Morgan fingerprint density at radius 1 is 0.469 bits per heavy atom. The van der Waals surface area contributed by atoms with Crippen molar-refractivity contribution in [3.8, 4) is 18.8 Å². The van der Waals surface area contributed by atoms with Gasteiger partial charge in [-0.05, 0) is 35.1 Å². The Labute approximate surface area is 190 Å². The van der Waals surface area contributed by atoms with E-state index in [-0.39, 0.29) is 0 Å². The summed E-state index contributed by atoms with van der Waals surface area (Å²) in [5.74, 6) is 0. The third-order valence-corrected chi connectivity index (χ3v) is 3.80. The maximum Gasteiger partial charge on any atom is 0.286 e. The van der Waals surface area contributed by atoms with Gasteiger partial charge < -0.3 is 14.2 Å². The normalized spacial score (nSPS) is 8.00. The van der Waals surface area contributed by atoms with Crippen molar-refractivity contribution in [3.05, 3.63) is 107 Å². The first-order valence-electron chi connectivity index (χ1n) is 9.56. The molecule has 3 aromatic rings. The van der Waals surface area contributed by atoms with Gasteiger partial charge >= 0.3 is 0 Å². The summed E-state index contributed by atoms with van der Waals surface area (Å²) in [6.07, 6.45) is 6.30. The second kappa shape index (κ2) is 19.8. The Morgan fingerprint density at radius 3 is 0.906 bits per heavy atom. The lowest BCUT2D eigenvalue weighted by Gasteiger charge is -2.05. The SMILES string of the molecule is COC#N.COC#N.COC#N.c1ccc(Cc2ccc(Cc3ccccc3)cc2)cc1. The van der Waals surface area contributed by atoms with Crippen LogP contribution in [0, 0.1) is 34.6 Å². The molecule has 0 aliphatic heterocycles. The molecule has 0 N–H and O–H groups in total. The minimum absolute atomic E-state index is 1.01. The zero-order valence-corrected chi connectivity index (χ0v) is 18.6. The predicted molar refractivity (Wildman–Crippen MR) is 123 cm³/mol. The molecule has 3 aromatic carbocycles. The Balaban J connectivity index is 0.000000668. The molecule has 0 aliphatic rings. The molecule has 0 radical (unpaired) electrons. The standard InChI is InChI=1S/C20H18.3C2H3NO/c1-3-7-17(8-4-1)15-19-11-13-20(14-12-19)16-18-9-5-2-6-10-18;3*1-4-2-3/h1-14H,15-16H2;3*1H3. The average Bonchev–Trinajstić information content (AvgIpc) is 2.87. The van der Waals surface area contributed by atoms with Crippen LogP contribution >= 0.6 is 0 Å². The van der Waals surface area contributed by atoms with E-state index in [4.69, 9.17) is 15.8 Å². The van der Waals surface area contributed by atoms with E-state index in [0.29, 0.717) is 0 Å². The summed E-state index contributed by atoms with van der Waals surface area (Å²) in [5.41, 5.74) is 5.47. The highest BCUT2D eigenvalue weighted by Crippen LogP contribution is 2.13. The van der Waals surface area contributed by atoms with Crippen LogP contribution in [0.3, 0.4) is 0 Å². The molecule has 0 saturated carbocycles. The Morgan fingerprint density at radius 2 is 0.688 bits per heavy atom. The maximum atomic E-state index is 7.40. The number of benzene rings is 3. The minimum Gasteiger partial charge on any atom is -0.431 e. The van der Waals surface area contributed by atoms with Crippen LogP contribution < -0.4 is 0 Å². The van der Waals surface area contributed by atoms with Gasteiger partial charge in [0.15, 0.2) is 0 Å². The molecule has 164 valence electrons. The molecule has 6 nitrogen and oxygen atoms in total. The number of methoxy groups -OCH3 is 3. The van der Waals surface area contributed by atoms with Crippen LogP contribution in [-0.2, 0) is 27.1 Å². The molecule has 0 aliphatic carbocycles. The number of nitriles is 3. The molecule has 0 saturated heterocycles. The number of hydrogen-bond donors (Lipinski definition) is 0. The first-order chi connectivity index (χ1) is 15.6. The monoisotopic (exact) mass is 429 g/mol. The van der Waals surface area contributed by atoms with Gasteiger partial charge in [0.1, 0.15) is 0 Å². The van der Waals surface area contributed by atoms with Gasteiger partial charge in [0, 0.05) is 0 Å². The van der Waals surface area contributed by atoms with Crippen LogP contribution in [0.15, 0.2) is 84.9 Å². The molecule has 0 atom stereocenters. The van der Waals surface area contributed by atoms with Gasteiger partial charge in [0.25, 0.3) is 18.8 Å². The van der Waals surface area contributed by atoms with Crippen molar-refractivity contribution in [2.45, 2.75) is 12.8 Å². The summed E-state index contributed by atoms with van der Waals surface area (Å²) >= 11 is 0. The summed E-state index contributed by atoms with van der Waals surface area (Å²) in [6.45, 7) is 0. The first-order valence-corrected chi connectivity index (χ1v) is 9.56. The van der Waals surface area contributed by atoms with E-state index in [1.54, 1.807) is 0 Å². The zero-order chi connectivity index (χ0) is 23.9. The molecule has 0 spiro atoms. The van der Waals surface area contributed by atoms with Gasteiger partial charge in [-0.25, -0.2) is 0 Å². The van der Waals surface area contributed by atoms with E-state index in [0.717, 1.165) is 12.8 Å². The molecular formula is C26H27N3O3. The molecule has 0 amide bonds. The average molecular weight is 430 g/mol. The van der Waals surface area contributed by atoms with E-state index in [1.807, 2.05) is 0 Å². The van der Waals surface area contributed by atoms with Crippen LogP contribution in [0.4, 0.5) is 0 Å². The fourth-order valence-electron chi connectivity index (χ4n) is 2.44. The van der Waals surface area contributed by atoms with Crippen molar-refractivity contribution in [1.82, 2.24) is 0 Å². The second-order valence-electron chi connectivity index (χ2n) is 6.03. The Hall–Kier alpha value is -4.47. The van der Waals surface area contributed by atoms with E-state index in [1.165, 1.54) is 62.3 Å². The van der Waals surface area contributed by atoms with E-state index in [9.17, 15) is 0 Å². The fourth-order valence-corrected chi connectivity index (χ4v) is 2.44. The van der Waals surface area contributed by atoms with Crippen LogP contribution in [-0.4, -0.2) is 21.3 Å². The summed E-state index contributed by atoms with van der Waals surface area (Å²) < 4.78 is 11.5. The summed E-state index contributed by atoms with van der Waals surface area (Å²) in [4.78, 5) is 0. The van der Waals surface area contributed by atoms with Crippen molar-refractivity contribution in [1.29, 1.82) is 15.8 Å². The third kappa shape index (κ3) is 14.5. The molecule has 32 heavy (non-hydrogen) atoms. The van der Waals surface area contributed by atoms with E-state index >= 15 is 0 Å². The second-order valence-corrected chi connectivity index (χ2v) is 6.03. The van der Waals surface area contributed by atoms with Crippen molar-refractivity contribution in [3.63, 3.8) is 0 Å². The highest BCUT2D eigenvalue weighted by molar-refractivity contribution is 5.31. The van der Waals surface area contributed by atoms with Crippen LogP contribution in [0.2, 0.25) is 0 Å².